The van der Waals surface area contributed by atoms with Crippen molar-refractivity contribution in [2.45, 2.75) is 25.4 Å². The largest absolute Gasteiger partial charge is 0.481 e. The molecule has 1 saturated heterocycles. The van der Waals surface area contributed by atoms with Gasteiger partial charge in [0, 0.05) is 42.8 Å². The number of carbonyl (C=O) groups is 5. The summed E-state index contributed by atoms with van der Waals surface area (Å²) < 4.78 is 0. The lowest BCUT2D eigenvalue weighted by atomic mass is 10.1. The molecule has 2 aromatic carbocycles. The van der Waals surface area contributed by atoms with E-state index in [2.05, 4.69) is 15.6 Å². The molecule has 0 saturated carbocycles. The molecule has 3 amide bonds. The number of aromatic amines is 1. The maximum atomic E-state index is 13.3. The molecule has 4 N–H and O–H groups in total. The van der Waals surface area contributed by atoms with Crippen molar-refractivity contribution < 1.29 is 29.1 Å². The molecule has 1 aliphatic heterocycles. The number of aromatic nitrogens is 1. The van der Waals surface area contributed by atoms with Crippen molar-refractivity contribution in [3.63, 3.8) is 0 Å². The van der Waals surface area contributed by atoms with Crippen LogP contribution in [0.4, 0.5) is 5.69 Å². The second-order valence-electron chi connectivity index (χ2n) is 9.15. The van der Waals surface area contributed by atoms with Crippen LogP contribution in [-0.2, 0) is 14.4 Å². The van der Waals surface area contributed by atoms with Crippen LogP contribution in [0.3, 0.4) is 0 Å². The van der Waals surface area contributed by atoms with Gasteiger partial charge in [0.1, 0.15) is 0 Å². The van der Waals surface area contributed by atoms with Gasteiger partial charge in [-0.05, 0) is 32.2 Å². The van der Waals surface area contributed by atoms with Crippen molar-refractivity contribution in [3.8, 4) is 0 Å². The SMILES string of the molecule is CNC(CC(=O)O)C(=O)Nc1cccc2c(C(=O)C(=O)N3CCN(C(=O)c4ccccc4)C[C@H]3C)c[nH]c12. The van der Waals surface area contributed by atoms with Gasteiger partial charge in [-0.2, -0.15) is 0 Å². The number of rotatable bonds is 8. The molecule has 198 valence electrons. The minimum atomic E-state index is -1.12. The molecule has 11 nitrogen and oxygen atoms in total. The Morgan fingerprint density at radius 3 is 2.45 bits per heavy atom. The molecule has 1 aromatic heterocycles. The molecule has 4 rings (SSSR count). The fourth-order valence-electron chi connectivity index (χ4n) is 4.62. The zero-order valence-corrected chi connectivity index (χ0v) is 21.1. The van der Waals surface area contributed by atoms with E-state index in [0.29, 0.717) is 35.2 Å². The van der Waals surface area contributed by atoms with Gasteiger partial charge in [-0.15, -0.1) is 0 Å². The second kappa shape index (κ2) is 11.3. The van der Waals surface area contributed by atoms with Crippen LogP contribution in [0, 0.1) is 0 Å². The average Bonchev–Trinajstić information content (AvgIpc) is 3.36. The zero-order valence-electron chi connectivity index (χ0n) is 21.1. The number of Topliss-reactive ketones (excluding diaryl/α,β-unsaturated/α-hetero) is 1. The summed E-state index contributed by atoms with van der Waals surface area (Å²) in [5, 5.41) is 14.8. The van der Waals surface area contributed by atoms with E-state index in [1.165, 1.54) is 18.1 Å². The Hall–Kier alpha value is -4.51. The molecule has 1 aliphatic rings. The predicted octanol–water partition coefficient (Wildman–Crippen LogP) is 1.72. The number of carbonyl (C=O) groups excluding carboxylic acids is 4. The van der Waals surface area contributed by atoms with E-state index in [1.807, 2.05) is 6.07 Å². The highest BCUT2D eigenvalue weighted by atomic mass is 16.4. The number of nitrogens with one attached hydrogen (secondary N) is 3. The Morgan fingerprint density at radius 1 is 1.05 bits per heavy atom. The van der Waals surface area contributed by atoms with E-state index in [-0.39, 0.29) is 24.1 Å². The third kappa shape index (κ3) is 5.42. The standard InChI is InChI=1S/C27H29N5O6/c1-16-15-31(26(37)17-7-4-3-5-8-17)11-12-32(16)27(38)24(35)19-14-29-23-18(19)9-6-10-20(23)30-25(36)21(28-2)13-22(33)34/h3-10,14,16,21,28-29H,11-13,15H2,1-2H3,(H,30,36)(H,33,34)/t16-,21?/m1/s1. The Morgan fingerprint density at radius 2 is 1.79 bits per heavy atom. The molecule has 2 atom stereocenters. The highest BCUT2D eigenvalue weighted by Crippen LogP contribution is 2.27. The van der Waals surface area contributed by atoms with Gasteiger partial charge >= 0.3 is 5.97 Å². The first kappa shape index (κ1) is 26.6. The number of para-hydroxylation sites is 1. The van der Waals surface area contributed by atoms with Crippen LogP contribution in [0.1, 0.15) is 34.1 Å². The Balaban J connectivity index is 1.48. The quantitative estimate of drug-likeness (QED) is 0.261. The van der Waals surface area contributed by atoms with Crippen LogP contribution < -0.4 is 10.6 Å². The minimum Gasteiger partial charge on any atom is -0.481 e. The van der Waals surface area contributed by atoms with E-state index in [0.717, 1.165) is 0 Å². The van der Waals surface area contributed by atoms with Gasteiger partial charge in [0.15, 0.2) is 0 Å². The van der Waals surface area contributed by atoms with Crippen molar-refractivity contribution in [1.29, 1.82) is 0 Å². The first-order valence-electron chi connectivity index (χ1n) is 12.2. The number of carboxylic acids is 1. The molecule has 2 heterocycles. The maximum Gasteiger partial charge on any atom is 0.305 e. The van der Waals surface area contributed by atoms with Gasteiger partial charge < -0.3 is 30.5 Å². The van der Waals surface area contributed by atoms with Crippen LogP contribution in [0.15, 0.2) is 54.7 Å². The molecule has 0 radical (unpaired) electrons. The number of amides is 3. The van der Waals surface area contributed by atoms with Crippen LogP contribution in [0.25, 0.3) is 10.9 Å². The summed E-state index contributed by atoms with van der Waals surface area (Å²) in [7, 11) is 1.49. The summed E-state index contributed by atoms with van der Waals surface area (Å²) in [5.41, 5.74) is 1.52. The first-order valence-corrected chi connectivity index (χ1v) is 12.2. The summed E-state index contributed by atoms with van der Waals surface area (Å²) in [6, 6.07) is 12.5. The monoisotopic (exact) mass is 519 g/mol. The average molecular weight is 520 g/mol. The summed E-state index contributed by atoms with van der Waals surface area (Å²) in [5.74, 6) is -3.16. The topological polar surface area (TPSA) is 152 Å². The van der Waals surface area contributed by atoms with Crippen molar-refractivity contribution in [3.05, 3.63) is 65.9 Å². The Bertz CT molecular complexity index is 1390. The number of piperazine rings is 1. The number of aliphatic carboxylic acids is 1. The number of fused-ring (bicyclic) bond motifs is 1. The molecule has 11 heteroatoms. The first-order chi connectivity index (χ1) is 18.2. The molecule has 0 aliphatic carbocycles. The van der Waals surface area contributed by atoms with Crippen LogP contribution >= 0.6 is 0 Å². The van der Waals surface area contributed by atoms with Crippen molar-refractivity contribution in [2.24, 2.45) is 0 Å². The smallest absolute Gasteiger partial charge is 0.305 e. The van der Waals surface area contributed by atoms with E-state index in [4.69, 9.17) is 5.11 Å². The molecule has 0 spiro atoms. The Labute approximate surface area is 218 Å². The molecule has 1 fully saturated rings. The number of hydrogen-bond donors (Lipinski definition) is 4. The van der Waals surface area contributed by atoms with Crippen LogP contribution in [-0.4, -0.2) is 88.1 Å². The van der Waals surface area contributed by atoms with Gasteiger partial charge in [-0.1, -0.05) is 30.3 Å². The number of likely N-dealkylation sites (N-methyl/N-ethyl adjacent to an activating group) is 1. The van der Waals surface area contributed by atoms with E-state index in [1.54, 1.807) is 54.3 Å². The van der Waals surface area contributed by atoms with Gasteiger partial charge in [0.25, 0.3) is 17.6 Å². The number of H-pyrrole nitrogens is 1. The number of anilines is 1. The van der Waals surface area contributed by atoms with E-state index < -0.39 is 36.0 Å². The van der Waals surface area contributed by atoms with Gasteiger partial charge in [0.05, 0.1) is 29.2 Å². The van der Waals surface area contributed by atoms with Gasteiger partial charge in [-0.25, -0.2) is 0 Å². The third-order valence-corrected chi connectivity index (χ3v) is 6.65. The fraction of sp³-hybridized carbons (Fsp3) is 0.296. The normalized spacial score (nSPS) is 16.2. The van der Waals surface area contributed by atoms with E-state index >= 15 is 0 Å². The Kier molecular flexibility index (Phi) is 7.87. The molecule has 0 bridgehead atoms. The molecule has 3 aromatic rings. The highest BCUT2D eigenvalue weighted by Gasteiger charge is 2.34. The number of carboxylic acid groups (broad SMARTS) is 1. The van der Waals surface area contributed by atoms with Crippen molar-refractivity contribution >= 4 is 46.1 Å². The summed E-state index contributed by atoms with van der Waals surface area (Å²) >= 11 is 0. The predicted molar refractivity (Wildman–Crippen MR) is 140 cm³/mol. The van der Waals surface area contributed by atoms with Gasteiger partial charge in [0.2, 0.25) is 5.91 Å². The number of nitrogens with zero attached hydrogens (tertiary/aromatic N) is 2. The van der Waals surface area contributed by atoms with E-state index in [9.17, 15) is 24.0 Å². The molecular weight excluding hydrogens is 490 g/mol. The molecule has 38 heavy (non-hydrogen) atoms. The summed E-state index contributed by atoms with van der Waals surface area (Å²) in [4.78, 5) is 69.0. The molecule has 1 unspecified atom stereocenters. The number of hydrogen-bond acceptors (Lipinski definition) is 6. The fourth-order valence-corrected chi connectivity index (χ4v) is 4.62. The van der Waals surface area contributed by atoms with Crippen LogP contribution in [0.2, 0.25) is 0 Å². The third-order valence-electron chi connectivity index (χ3n) is 6.65. The zero-order chi connectivity index (χ0) is 27.4. The number of ketones is 1. The number of benzene rings is 2. The lowest BCUT2D eigenvalue weighted by Gasteiger charge is -2.39. The summed E-state index contributed by atoms with van der Waals surface area (Å²) in [6.07, 6.45) is 1.02. The lowest BCUT2D eigenvalue weighted by molar-refractivity contribution is -0.139. The maximum absolute atomic E-state index is 13.3. The minimum absolute atomic E-state index is 0.119. The molecular formula is C27H29N5O6. The lowest BCUT2D eigenvalue weighted by Crippen LogP contribution is -2.56. The van der Waals surface area contributed by atoms with Crippen molar-refractivity contribution in [1.82, 2.24) is 20.1 Å². The van der Waals surface area contributed by atoms with Crippen molar-refractivity contribution in [2.75, 3.05) is 32.0 Å². The second-order valence-corrected chi connectivity index (χ2v) is 9.15. The van der Waals surface area contributed by atoms with Crippen LogP contribution in [0.5, 0.6) is 0 Å². The van der Waals surface area contributed by atoms with Gasteiger partial charge in [-0.3, -0.25) is 24.0 Å². The summed E-state index contributed by atoms with van der Waals surface area (Å²) in [6.45, 7) is 2.64. The highest BCUT2D eigenvalue weighted by molar-refractivity contribution is 6.45.